The zero-order valence-corrected chi connectivity index (χ0v) is 25.2. The molecule has 0 saturated heterocycles. The summed E-state index contributed by atoms with van der Waals surface area (Å²) in [4.78, 5) is 2.38. The summed E-state index contributed by atoms with van der Waals surface area (Å²) in [7, 11) is 0. The molecule has 8 aromatic carbocycles. The minimum atomic E-state index is 1.11. The highest BCUT2D eigenvalue weighted by Gasteiger charge is 2.18. The fourth-order valence-corrected chi connectivity index (χ4v) is 7.01. The van der Waals surface area contributed by atoms with Crippen LogP contribution in [0.4, 0.5) is 17.1 Å². The van der Waals surface area contributed by atoms with Crippen molar-refractivity contribution in [1.29, 1.82) is 0 Å². The number of hydrogen-bond acceptors (Lipinski definition) is 1. The molecule has 1 heterocycles. The third-order valence-electron chi connectivity index (χ3n) is 9.17. The second-order valence-electron chi connectivity index (χ2n) is 11.8. The number of anilines is 3. The van der Waals surface area contributed by atoms with Crippen molar-refractivity contribution in [2.24, 2.45) is 0 Å². The minimum absolute atomic E-state index is 1.11. The maximum absolute atomic E-state index is 2.42. The number of nitrogens with zero attached hydrogens (tertiary/aromatic N) is 2. The Morgan fingerprint density at radius 3 is 1.67 bits per heavy atom. The van der Waals surface area contributed by atoms with Gasteiger partial charge in [0.15, 0.2) is 0 Å². The third kappa shape index (κ3) is 4.27. The van der Waals surface area contributed by atoms with Crippen molar-refractivity contribution in [3.05, 3.63) is 182 Å². The molecule has 0 aliphatic carbocycles. The first kappa shape index (κ1) is 26.3. The SMILES string of the molecule is c1ccc(-c2ccc(N(c3ccc(-n4c5ccccc5c5ccc6ccccc6c54)cc3)c3cccc4ccccc34)cc2)cc1. The molecule has 0 unspecified atom stereocenters. The number of benzene rings is 8. The van der Waals surface area contributed by atoms with Crippen LogP contribution in [0.3, 0.4) is 0 Å². The summed E-state index contributed by atoms with van der Waals surface area (Å²) in [5, 5.41) is 7.49. The maximum atomic E-state index is 2.42. The molecule has 2 heteroatoms. The second-order valence-corrected chi connectivity index (χ2v) is 11.8. The number of hydrogen-bond donors (Lipinski definition) is 0. The lowest BCUT2D eigenvalue weighted by atomic mass is 10.0. The molecular weight excluding hydrogens is 556 g/mol. The van der Waals surface area contributed by atoms with E-state index in [-0.39, 0.29) is 0 Å². The highest BCUT2D eigenvalue weighted by atomic mass is 15.1. The van der Waals surface area contributed by atoms with Crippen molar-refractivity contribution >= 4 is 60.4 Å². The van der Waals surface area contributed by atoms with Crippen LogP contribution < -0.4 is 4.90 Å². The van der Waals surface area contributed by atoms with Crippen LogP contribution in [0.5, 0.6) is 0 Å². The zero-order chi connectivity index (χ0) is 30.5. The molecular formula is C44H30N2. The highest BCUT2D eigenvalue weighted by molar-refractivity contribution is 6.18. The first-order chi connectivity index (χ1) is 22.8. The summed E-state index contributed by atoms with van der Waals surface area (Å²) in [6.45, 7) is 0. The van der Waals surface area contributed by atoms with Gasteiger partial charge in [-0.2, -0.15) is 0 Å². The topological polar surface area (TPSA) is 8.17 Å². The molecule has 46 heavy (non-hydrogen) atoms. The van der Waals surface area contributed by atoms with E-state index in [0.29, 0.717) is 0 Å². The fraction of sp³-hybridized carbons (Fsp3) is 0. The number of rotatable bonds is 5. The first-order valence-corrected chi connectivity index (χ1v) is 15.8. The Kier molecular flexibility index (Phi) is 6.17. The van der Waals surface area contributed by atoms with Gasteiger partial charge in [0, 0.05) is 38.6 Å². The van der Waals surface area contributed by atoms with Gasteiger partial charge < -0.3 is 9.47 Å². The predicted molar refractivity (Wildman–Crippen MR) is 196 cm³/mol. The molecule has 0 atom stereocenters. The molecule has 216 valence electrons. The molecule has 0 spiro atoms. The van der Waals surface area contributed by atoms with E-state index in [1.165, 1.54) is 54.5 Å². The van der Waals surface area contributed by atoms with Gasteiger partial charge in [-0.3, -0.25) is 0 Å². The monoisotopic (exact) mass is 586 g/mol. The van der Waals surface area contributed by atoms with Crippen LogP contribution in [0, 0.1) is 0 Å². The van der Waals surface area contributed by atoms with E-state index < -0.39 is 0 Å². The molecule has 0 aliphatic heterocycles. The molecule has 1 aromatic heterocycles. The molecule has 0 fully saturated rings. The van der Waals surface area contributed by atoms with Crippen LogP contribution in [0.15, 0.2) is 182 Å². The van der Waals surface area contributed by atoms with Crippen LogP contribution in [-0.4, -0.2) is 4.57 Å². The van der Waals surface area contributed by atoms with Crippen LogP contribution in [0.1, 0.15) is 0 Å². The Morgan fingerprint density at radius 2 is 0.913 bits per heavy atom. The van der Waals surface area contributed by atoms with Gasteiger partial charge >= 0.3 is 0 Å². The van der Waals surface area contributed by atoms with Gasteiger partial charge in [0.2, 0.25) is 0 Å². The first-order valence-electron chi connectivity index (χ1n) is 15.8. The number of aromatic nitrogens is 1. The van der Waals surface area contributed by atoms with Crippen molar-refractivity contribution < 1.29 is 0 Å². The lowest BCUT2D eigenvalue weighted by molar-refractivity contribution is 1.18. The average Bonchev–Trinajstić information content (AvgIpc) is 3.48. The van der Waals surface area contributed by atoms with Gasteiger partial charge in [-0.05, 0) is 70.4 Å². The lowest BCUT2D eigenvalue weighted by Crippen LogP contribution is -2.10. The summed E-state index contributed by atoms with van der Waals surface area (Å²) >= 11 is 0. The van der Waals surface area contributed by atoms with E-state index in [0.717, 1.165) is 22.7 Å². The van der Waals surface area contributed by atoms with Gasteiger partial charge in [-0.25, -0.2) is 0 Å². The fourth-order valence-electron chi connectivity index (χ4n) is 7.01. The van der Waals surface area contributed by atoms with E-state index in [1.54, 1.807) is 0 Å². The Labute approximate surface area is 268 Å². The summed E-state index contributed by atoms with van der Waals surface area (Å²) < 4.78 is 2.42. The molecule has 9 aromatic rings. The van der Waals surface area contributed by atoms with Crippen molar-refractivity contribution in [3.63, 3.8) is 0 Å². The van der Waals surface area contributed by atoms with Crippen molar-refractivity contribution in [2.75, 3.05) is 4.90 Å². The standard InChI is InChI=1S/C44H30N2/c1-2-11-31(12-3-1)32-21-24-35(25-22-32)45(42-20-10-15-33-13-4-6-16-38(33)42)36-26-28-37(29-27-36)46-43-19-9-8-18-40(43)41-30-23-34-14-5-7-17-39(34)44(41)46/h1-30H. The molecule has 2 nitrogen and oxygen atoms in total. The predicted octanol–water partition coefficient (Wildman–Crippen LogP) is 12.2. The Balaban J connectivity index is 1.22. The van der Waals surface area contributed by atoms with Crippen molar-refractivity contribution in [1.82, 2.24) is 4.57 Å². The molecule has 0 aliphatic rings. The molecule has 9 rings (SSSR count). The third-order valence-corrected chi connectivity index (χ3v) is 9.17. The van der Waals surface area contributed by atoms with E-state index in [4.69, 9.17) is 0 Å². The minimum Gasteiger partial charge on any atom is -0.310 e. The van der Waals surface area contributed by atoms with E-state index in [2.05, 4.69) is 191 Å². The average molecular weight is 587 g/mol. The lowest BCUT2D eigenvalue weighted by Gasteiger charge is -2.27. The van der Waals surface area contributed by atoms with E-state index >= 15 is 0 Å². The number of fused-ring (bicyclic) bond motifs is 6. The van der Waals surface area contributed by atoms with E-state index in [1.807, 2.05) is 0 Å². The van der Waals surface area contributed by atoms with Crippen LogP contribution in [0.2, 0.25) is 0 Å². The Bertz CT molecular complexity index is 2500. The summed E-state index contributed by atoms with van der Waals surface area (Å²) in [6, 6.07) is 65.6. The summed E-state index contributed by atoms with van der Waals surface area (Å²) in [5.74, 6) is 0. The van der Waals surface area contributed by atoms with Crippen molar-refractivity contribution in [3.8, 4) is 16.8 Å². The summed E-state index contributed by atoms with van der Waals surface area (Å²) in [5.41, 5.74) is 9.40. The van der Waals surface area contributed by atoms with Crippen LogP contribution in [-0.2, 0) is 0 Å². The maximum Gasteiger partial charge on any atom is 0.0619 e. The Hall–Kier alpha value is -6.12. The van der Waals surface area contributed by atoms with E-state index in [9.17, 15) is 0 Å². The highest BCUT2D eigenvalue weighted by Crippen LogP contribution is 2.41. The van der Waals surface area contributed by atoms with Crippen LogP contribution >= 0.6 is 0 Å². The zero-order valence-electron chi connectivity index (χ0n) is 25.2. The molecule has 0 bridgehead atoms. The van der Waals surface area contributed by atoms with Gasteiger partial charge in [0.1, 0.15) is 0 Å². The summed E-state index contributed by atoms with van der Waals surface area (Å²) in [6.07, 6.45) is 0. The number of para-hydroxylation sites is 1. The largest absolute Gasteiger partial charge is 0.310 e. The van der Waals surface area contributed by atoms with Crippen molar-refractivity contribution in [2.45, 2.75) is 0 Å². The van der Waals surface area contributed by atoms with Crippen LogP contribution in [0.25, 0.3) is 60.2 Å². The van der Waals surface area contributed by atoms with Gasteiger partial charge in [0.25, 0.3) is 0 Å². The molecule has 0 N–H and O–H groups in total. The quantitative estimate of drug-likeness (QED) is 0.195. The second kappa shape index (κ2) is 10.8. The normalized spacial score (nSPS) is 11.5. The van der Waals surface area contributed by atoms with Gasteiger partial charge in [-0.15, -0.1) is 0 Å². The Morgan fingerprint density at radius 1 is 0.348 bits per heavy atom. The van der Waals surface area contributed by atoms with Gasteiger partial charge in [0.05, 0.1) is 16.7 Å². The molecule has 0 radical (unpaired) electrons. The molecule has 0 amide bonds. The molecule has 0 saturated carbocycles. The van der Waals surface area contributed by atoms with Gasteiger partial charge in [-0.1, -0.05) is 133 Å². The smallest absolute Gasteiger partial charge is 0.0619 e.